The molecule has 94 valence electrons. The van der Waals surface area contributed by atoms with Crippen LogP contribution in [0.5, 0.6) is 0 Å². The molecule has 3 N–H and O–H groups in total. The summed E-state index contributed by atoms with van der Waals surface area (Å²) in [5.41, 5.74) is -1.20. The average molecular weight is 230 g/mol. The highest BCUT2D eigenvalue weighted by Gasteiger charge is 2.34. The molecule has 0 aromatic carbocycles. The first-order chi connectivity index (χ1) is 7.50. The minimum atomic E-state index is -1.20. The van der Waals surface area contributed by atoms with E-state index in [2.05, 4.69) is 12.2 Å². The number of amides is 1. The molecule has 5 heteroatoms. The first kappa shape index (κ1) is 13.4. The Kier molecular flexibility index (Phi) is 4.70. The van der Waals surface area contributed by atoms with E-state index in [4.69, 9.17) is 5.11 Å². The Morgan fingerprint density at radius 3 is 2.88 bits per heavy atom. The van der Waals surface area contributed by atoms with Gasteiger partial charge < -0.3 is 20.4 Å². The molecular formula is C11H22N2O3. The molecule has 0 aromatic heterocycles. The molecule has 1 saturated heterocycles. The van der Waals surface area contributed by atoms with Crippen molar-refractivity contribution in [2.24, 2.45) is 0 Å². The van der Waals surface area contributed by atoms with Gasteiger partial charge in [0.25, 0.3) is 0 Å². The minimum absolute atomic E-state index is 0.0298. The number of rotatable bonds is 6. The second-order valence-electron chi connectivity index (χ2n) is 4.71. The summed E-state index contributed by atoms with van der Waals surface area (Å²) in [6, 6.07) is -0.116. The summed E-state index contributed by atoms with van der Waals surface area (Å²) in [7, 11) is 0. The maximum absolute atomic E-state index is 11.9. The third-order valence-corrected chi connectivity index (χ3v) is 2.81. The Morgan fingerprint density at radius 1 is 1.62 bits per heavy atom. The van der Waals surface area contributed by atoms with Gasteiger partial charge in [-0.15, -0.1) is 0 Å². The lowest BCUT2D eigenvalue weighted by molar-refractivity contribution is -0.133. The van der Waals surface area contributed by atoms with E-state index in [9.17, 15) is 9.90 Å². The van der Waals surface area contributed by atoms with E-state index in [0.29, 0.717) is 6.54 Å². The predicted molar refractivity (Wildman–Crippen MR) is 61.0 cm³/mol. The van der Waals surface area contributed by atoms with Crippen molar-refractivity contribution in [2.75, 3.05) is 26.2 Å². The molecule has 0 bridgehead atoms. The van der Waals surface area contributed by atoms with E-state index >= 15 is 0 Å². The number of hydrogen-bond donors (Lipinski definition) is 3. The van der Waals surface area contributed by atoms with Gasteiger partial charge in [0.15, 0.2) is 0 Å². The van der Waals surface area contributed by atoms with Crippen molar-refractivity contribution in [3.63, 3.8) is 0 Å². The molecule has 0 radical (unpaired) electrons. The molecule has 5 nitrogen and oxygen atoms in total. The fourth-order valence-electron chi connectivity index (χ4n) is 1.87. The number of β-amino-alcohol motifs (C(OH)–C–C–N with tert-alkyl or cyclic N) is 1. The largest absolute Gasteiger partial charge is 0.393 e. The number of nitrogens with zero attached hydrogens (tertiary/aromatic N) is 1. The van der Waals surface area contributed by atoms with Crippen LogP contribution in [0.1, 0.15) is 26.7 Å². The summed E-state index contributed by atoms with van der Waals surface area (Å²) >= 11 is 0. The smallest absolute Gasteiger partial charge is 0.239 e. The fraction of sp³-hybridized carbons (Fsp3) is 0.909. The van der Waals surface area contributed by atoms with Gasteiger partial charge >= 0.3 is 0 Å². The van der Waals surface area contributed by atoms with Crippen molar-refractivity contribution in [3.05, 3.63) is 0 Å². The SMILES string of the molecule is CCCNC1CCN(CC(C)(O)CO)C1=O. The van der Waals surface area contributed by atoms with Gasteiger partial charge in [-0.25, -0.2) is 0 Å². The van der Waals surface area contributed by atoms with Gasteiger partial charge in [0.1, 0.15) is 5.60 Å². The lowest BCUT2D eigenvalue weighted by atomic mass is 10.1. The molecule has 1 aliphatic heterocycles. The van der Waals surface area contributed by atoms with Crippen molar-refractivity contribution in [1.29, 1.82) is 0 Å². The van der Waals surface area contributed by atoms with Gasteiger partial charge in [0.05, 0.1) is 19.2 Å². The topological polar surface area (TPSA) is 72.8 Å². The normalized spacial score (nSPS) is 24.9. The second-order valence-corrected chi connectivity index (χ2v) is 4.71. The number of aliphatic hydroxyl groups excluding tert-OH is 1. The zero-order chi connectivity index (χ0) is 12.2. The van der Waals surface area contributed by atoms with Gasteiger partial charge in [-0.05, 0) is 26.3 Å². The monoisotopic (exact) mass is 230 g/mol. The summed E-state index contributed by atoms with van der Waals surface area (Å²) in [5.74, 6) is 0.0298. The van der Waals surface area contributed by atoms with Gasteiger partial charge in [0, 0.05) is 6.54 Å². The minimum Gasteiger partial charge on any atom is -0.393 e. The number of nitrogens with one attached hydrogen (secondary N) is 1. The quantitative estimate of drug-likeness (QED) is 0.566. The van der Waals surface area contributed by atoms with E-state index in [1.807, 2.05) is 0 Å². The molecule has 1 heterocycles. The molecule has 2 unspecified atom stereocenters. The molecule has 1 fully saturated rings. The van der Waals surface area contributed by atoms with Crippen LogP contribution >= 0.6 is 0 Å². The lowest BCUT2D eigenvalue weighted by Crippen LogP contribution is -2.46. The third-order valence-electron chi connectivity index (χ3n) is 2.81. The highest BCUT2D eigenvalue weighted by molar-refractivity contribution is 5.84. The van der Waals surface area contributed by atoms with E-state index in [1.165, 1.54) is 6.92 Å². The number of hydrogen-bond acceptors (Lipinski definition) is 4. The summed E-state index contributed by atoms with van der Waals surface area (Å²) in [6.45, 7) is 4.95. The second kappa shape index (κ2) is 5.61. The molecule has 0 saturated carbocycles. The third kappa shape index (κ3) is 3.43. The summed E-state index contributed by atoms with van der Waals surface area (Å²) in [6.07, 6.45) is 1.78. The molecule has 0 aliphatic carbocycles. The maximum atomic E-state index is 11.9. The van der Waals surface area contributed by atoms with E-state index in [-0.39, 0.29) is 25.1 Å². The Bertz CT molecular complexity index is 243. The number of aliphatic hydroxyl groups is 2. The van der Waals surface area contributed by atoms with Crippen LogP contribution in [-0.4, -0.2) is 58.9 Å². The zero-order valence-corrected chi connectivity index (χ0v) is 10.1. The van der Waals surface area contributed by atoms with Crippen LogP contribution in [0, 0.1) is 0 Å². The molecular weight excluding hydrogens is 208 g/mol. The van der Waals surface area contributed by atoms with E-state index < -0.39 is 5.60 Å². The van der Waals surface area contributed by atoms with E-state index in [1.54, 1.807) is 4.90 Å². The Labute approximate surface area is 96.4 Å². The van der Waals surface area contributed by atoms with Crippen molar-refractivity contribution in [1.82, 2.24) is 10.2 Å². The molecule has 16 heavy (non-hydrogen) atoms. The standard InChI is InChI=1S/C11H22N2O3/c1-3-5-12-9-4-6-13(10(9)15)7-11(2,16)8-14/h9,12,14,16H,3-8H2,1-2H3. The highest BCUT2D eigenvalue weighted by atomic mass is 16.3. The Morgan fingerprint density at radius 2 is 2.31 bits per heavy atom. The summed E-state index contributed by atoms with van der Waals surface area (Å²) < 4.78 is 0. The van der Waals surface area contributed by atoms with Crippen LogP contribution in [0.15, 0.2) is 0 Å². The van der Waals surface area contributed by atoms with Crippen LogP contribution in [-0.2, 0) is 4.79 Å². The van der Waals surface area contributed by atoms with Gasteiger partial charge in [-0.1, -0.05) is 6.92 Å². The van der Waals surface area contributed by atoms with Crippen LogP contribution in [0.25, 0.3) is 0 Å². The van der Waals surface area contributed by atoms with Gasteiger partial charge in [0.2, 0.25) is 5.91 Å². The van der Waals surface area contributed by atoms with E-state index in [0.717, 1.165) is 19.4 Å². The van der Waals surface area contributed by atoms with Crippen LogP contribution in [0.4, 0.5) is 0 Å². The summed E-state index contributed by atoms with van der Waals surface area (Å²) in [5, 5.41) is 21.8. The predicted octanol–water partition coefficient (Wildman–Crippen LogP) is -0.670. The van der Waals surface area contributed by atoms with Crippen molar-refractivity contribution >= 4 is 5.91 Å². The van der Waals surface area contributed by atoms with Gasteiger partial charge in [-0.3, -0.25) is 4.79 Å². The van der Waals surface area contributed by atoms with Crippen LogP contribution in [0.2, 0.25) is 0 Å². The fourth-order valence-corrected chi connectivity index (χ4v) is 1.87. The molecule has 1 aliphatic rings. The van der Waals surface area contributed by atoms with Crippen molar-refractivity contribution in [2.45, 2.75) is 38.3 Å². The Hall–Kier alpha value is -0.650. The zero-order valence-electron chi connectivity index (χ0n) is 10.1. The first-order valence-corrected chi connectivity index (χ1v) is 5.85. The van der Waals surface area contributed by atoms with Crippen LogP contribution < -0.4 is 5.32 Å². The lowest BCUT2D eigenvalue weighted by Gasteiger charge is -2.27. The highest BCUT2D eigenvalue weighted by Crippen LogP contribution is 2.15. The molecule has 1 amide bonds. The average Bonchev–Trinajstić information content (AvgIpc) is 2.57. The number of carbonyl (C=O) groups excluding carboxylic acids is 1. The molecule has 0 aromatic rings. The molecule has 2 atom stereocenters. The number of likely N-dealkylation sites (tertiary alicyclic amines) is 1. The number of carbonyl (C=O) groups is 1. The molecule has 0 spiro atoms. The van der Waals surface area contributed by atoms with Crippen molar-refractivity contribution in [3.8, 4) is 0 Å². The summed E-state index contributed by atoms with van der Waals surface area (Å²) in [4.78, 5) is 13.5. The Balaban J connectivity index is 2.44. The first-order valence-electron chi connectivity index (χ1n) is 5.85. The van der Waals surface area contributed by atoms with Gasteiger partial charge in [-0.2, -0.15) is 0 Å². The van der Waals surface area contributed by atoms with Crippen molar-refractivity contribution < 1.29 is 15.0 Å². The maximum Gasteiger partial charge on any atom is 0.239 e. The van der Waals surface area contributed by atoms with Crippen LogP contribution in [0.3, 0.4) is 0 Å². The molecule has 1 rings (SSSR count).